The van der Waals surface area contributed by atoms with Crippen LogP contribution in [-0.2, 0) is 25.4 Å². The number of hydrogen-bond acceptors (Lipinski definition) is 8. The first-order chi connectivity index (χ1) is 18.6. The zero-order valence-electron chi connectivity index (χ0n) is 21.6. The first kappa shape index (κ1) is 28.2. The maximum Gasteiger partial charge on any atom is 0.339 e. The van der Waals surface area contributed by atoms with Gasteiger partial charge in [-0.2, -0.15) is 5.10 Å². The molecule has 3 heterocycles. The van der Waals surface area contributed by atoms with Crippen LogP contribution < -0.4 is 16.0 Å². The van der Waals surface area contributed by atoms with Crippen molar-refractivity contribution in [3.8, 4) is 17.0 Å². The molecule has 0 amide bonds. The van der Waals surface area contributed by atoms with E-state index < -0.39 is 18.9 Å². The molecular weight excluding hydrogens is 580 g/mol. The lowest BCUT2D eigenvalue weighted by atomic mass is 10.1. The average Bonchev–Trinajstić information content (AvgIpc) is 3.41. The van der Waals surface area contributed by atoms with Crippen LogP contribution in [0.5, 0.6) is 5.88 Å². The van der Waals surface area contributed by atoms with E-state index in [0.717, 1.165) is 9.99 Å². The van der Waals surface area contributed by atoms with E-state index in [1.165, 1.54) is 41.9 Å². The van der Waals surface area contributed by atoms with Gasteiger partial charge in [0.2, 0.25) is 11.8 Å². The van der Waals surface area contributed by atoms with Crippen molar-refractivity contribution in [1.29, 1.82) is 0 Å². The van der Waals surface area contributed by atoms with Crippen LogP contribution in [0.1, 0.15) is 10.4 Å². The number of nitrogen functional groups attached to an aromatic ring is 1. The second kappa shape index (κ2) is 11.9. The third kappa shape index (κ3) is 6.28. The van der Waals surface area contributed by atoms with Gasteiger partial charge in [-0.1, -0.05) is 15.9 Å². The Hall–Kier alpha value is -3.78. The van der Waals surface area contributed by atoms with Gasteiger partial charge < -0.3 is 24.3 Å². The molecular formula is C25H28BrF2N7O4. The Bertz CT molecular complexity index is 1550. The Kier molecular flexibility index (Phi) is 8.65. The second-order valence-electron chi connectivity index (χ2n) is 8.83. The first-order valence-corrected chi connectivity index (χ1v) is 12.7. The van der Waals surface area contributed by atoms with Crippen molar-refractivity contribution in [1.82, 2.24) is 28.8 Å². The first-order valence-electron chi connectivity index (χ1n) is 11.9. The second-order valence-corrected chi connectivity index (χ2v) is 9.75. The van der Waals surface area contributed by atoms with E-state index in [9.17, 15) is 18.4 Å². The quantitative estimate of drug-likeness (QED) is 0.258. The highest BCUT2D eigenvalue weighted by molar-refractivity contribution is 9.10. The fraction of sp³-hybridized carbons (Fsp3) is 0.360. The summed E-state index contributed by atoms with van der Waals surface area (Å²) < 4.78 is 42.8. The van der Waals surface area contributed by atoms with E-state index in [1.807, 2.05) is 18.2 Å². The lowest BCUT2D eigenvalue weighted by Gasteiger charge is -2.22. The number of fused-ring (bicyclic) bond motifs is 1. The molecule has 14 heteroatoms. The topological polar surface area (TPSA) is 122 Å². The summed E-state index contributed by atoms with van der Waals surface area (Å²) in [6.45, 7) is 0.377. The number of rotatable bonds is 11. The molecule has 0 unspecified atom stereocenters. The molecule has 1 aromatic carbocycles. The summed E-state index contributed by atoms with van der Waals surface area (Å²) >= 11 is 3.43. The molecule has 208 valence electrons. The number of alkyl halides is 2. The van der Waals surface area contributed by atoms with Crippen molar-refractivity contribution in [2.75, 3.05) is 39.1 Å². The number of benzene rings is 1. The zero-order valence-corrected chi connectivity index (χ0v) is 23.2. The minimum Gasteiger partial charge on any atom is -0.476 e. The molecule has 11 nitrogen and oxygen atoms in total. The molecule has 0 spiro atoms. The largest absolute Gasteiger partial charge is 0.476 e. The van der Waals surface area contributed by atoms with Crippen molar-refractivity contribution in [3.05, 3.63) is 57.0 Å². The van der Waals surface area contributed by atoms with Gasteiger partial charge in [0.25, 0.3) is 12.0 Å². The van der Waals surface area contributed by atoms with Crippen molar-refractivity contribution in [3.63, 3.8) is 0 Å². The number of imidazole rings is 1. The fourth-order valence-corrected chi connectivity index (χ4v) is 4.62. The van der Waals surface area contributed by atoms with Crippen LogP contribution in [0.4, 0.5) is 14.7 Å². The lowest BCUT2D eigenvalue weighted by molar-refractivity contribution is 0.0599. The Morgan fingerprint density at radius 3 is 2.69 bits per heavy atom. The molecule has 0 atom stereocenters. The minimum atomic E-state index is -2.55. The third-order valence-corrected chi connectivity index (χ3v) is 6.69. The van der Waals surface area contributed by atoms with E-state index in [-0.39, 0.29) is 42.3 Å². The Balaban J connectivity index is 1.50. The number of anilines is 1. The molecule has 0 fully saturated rings. The molecule has 2 N–H and O–H groups in total. The molecule has 3 aromatic heterocycles. The molecule has 4 rings (SSSR count). The standard InChI is InChI=1S/C25H28BrF2N7O4/c1-32-13-15(24(37)38-3)10-17(22(32)36)18-12-30-33(2)23(18)39-9-8-34(14-21(27)28)6-7-35-20-11-16(26)4-5-19(20)31-25(35)29/h4-5,10-13,21H,6-9,14H2,1-3H3,(H2,29,31). The molecule has 0 aliphatic rings. The molecule has 0 aliphatic carbocycles. The van der Waals surface area contributed by atoms with E-state index >= 15 is 0 Å². The van der Waals surface area contributed by atoms with Crippen LogP contribution in [0.2, 0.25) is 0 Å². The predicted octanol–water partition coefficient (Wildman–Crippen LogP) is 2.91. The van der Waals surface area contributed by atoms with Crippen LogP contribution >= 0.6 is 15.9 Å². The number of ether oxygens (including phenoxy) is 2. The van der Waals surface area contributed by atoms with E-state index in [0.29, 0.717) is 23.6 Å². The summed E-state index contributed by atoms with van der Waals surface area (Å²) in [6, 6.07) is 6.98. The Morgan fingerprint density at radius 2 is 1.97 bits per heavy atom. The molecule has 0 aliphatic heterocycles. The van der Waals surface area contributed by atoms with Gasteiger partial charge >= 0.3 is 5.97 Å². The smallest absolute Gasteiger partial charge is 0.339 e. The molecule has 4 aromatic rings. The van der Waals surface area contributed by atoms with Crippen molar-refractivity contribution >= 4 is 38.9 Å². The number of pyridine rings is 1. The number of methoxy groups -OCH3 is 1. The lowest BCUT2D eigenvalue weighted by Crippen LogP contribution is -2.35. The monoisotopic (exact) mass is 607 g/mol. The van der Waals surface area contributed by atoms with Crippen LogP contribution in [-0.4, -0.2) is 74.5 Å². The maximum absolute atomic E-state index is 13.4. The molecule has 0 radical (unpaired) electrons. The number of halogens is 3. The maximum atomic E-state index is 13.4. The summed E-state index contributed by atoms with van der Waals surface area (Å²) in [6.07, 6.45) is 0.285. The Labute approximate surface area is 230 Å². The zero-order chi connectivity index (χ0) is 28.3. The summed E-state index contributed by atoms with van der Waals surface area (Å²) in [5.41, 5.74) is 7.98. The highest BCUT2D eigenvalue weighted by Crippen LogP contribution is 2.28. The number of esters is 1. The third-order valence-electron chi connectivity index (χ3n) is 6.20. The van der Waals surface area contributed by atoms with E-state index in [1.54, 1.807) is 16.5 Å². The fourth-order valence-electron chi connectivity index (χ4n) is 4.27. The number of carbonyl (C=O) groups excluding carboxylic acids is 1. The van der Waals surface area contributed by atoms with Gasteiger partial charge in [0.15, 0.2) is 0 Å². The van der Waals surface area contributed by atoms with Gasteiger partial charge in [-0.15, -0.1) is 0 Å². The SMILES string of the molecule is COC(=O)c1cc(-c2cnn(C)c2OCCN(CCn2c(N)nc3ccc(Br)cc32)CC(F)F)c(=O)n(C)c1. The number of nitrogens with two attached hydrogens (primary N) is 1. The predicted molar refractivity (Wildman–Crippen MR) is 145 cm³/mol. The van der Waals surface area contributed by atoms with Crippen LogP contribution in [0, 0.1) is 0 Å². The van der Waals surface area contributed by atoms with Crippen LogP contribution in [0.25, 0.3) is 22.2 Å². The molecule has 39 heavy (non-hydrogen) atoms. The number of carbonyl (C=O) groups is 1. The normalized spacial score (nSPS) is 11.6. The van der Waals surface area contributed by atoms with Gasteiger partial charge in [-0.25, -0.2) is 23.2 Å². The van der Waals surface area contributed by atoms with E-state index in [4.69, 9.17) is 15.2 Å². The van der Waals surface area contributed by atoms with Crippen molar-refractivity contribution in [2.45, 2.75) is 13.0 Å². The summed E-state index contributed by atoms with van der Waals surface area (Å²) in [4.78, 5) is 30.8. The summed E-state index contributed by atoms with van der Waals surface area (Å²) in [5, 5.41) is 4.19. The van der Waals surface area contributed by atoms with Gasteiger partial charge in [0, 0.05) is 44.4 Å². The number of nitrogens with zero attached hydrogens (tertiary/aromatic N) is 6. The van der Waals surface area contributed by atoms with Gasteiger partial charge in [-0.3, -0.25) is 9.69 Å². The summed E-state index contributed by atoms with van der Waals surface area (Å²) in [7, 11) is 4.40. The van der Waals surface area contributed by atoms with Gasteiger partial charge in [0.05, 0.1) is 47.6 Å². The van der Waals surface area contributed by atoms with Crippen LogP contribution in [0.15, 0.2) is 45.9 Å². The van der Waals surface area contributed by atoms with Crippen LogP contribution in [0.3, 0.4) is 0 Å². The van der Waals surface area contributed by atoms with Gasteiger partial charge in [0.1, 0.15) is 6.61 Å². The van der Waals surface area contributed by atoms with Gasteiger partial charge in [-0.05, 0) is 24.3 Å². The number of hydrogen-bond donors (Lipinski definition) is 1. The van der Waals surface area contributed by atoms with E-state index in [2.05, 4.69) is 26.0 Å². The number of aryl methyl sites for hydroxylation is 2. The van der Waals surface area contributed by atoms with Crippen molar-refractivity contribution in [2.24, 2.45) is 14.1 Å². The molecule has 0 saturated carbocycles. The number of aromatic nitrogens is 5. The summed E-state index contributed by atoms with van der Waals surface area (Å²) in [5.74, 6) is -0.0352. The molecule has 0 saturated heterocycles. The molecule has 0 bridgehead atoms. The Morgan fingerprint density at radius 1 is 1.21 bits per heavy atom. The average molecular weight is 608 g/mol. The van der Waals surface area contributed by atoms with Crippen molar-refractivity contribution < 1.29 is 23.0 Å². The highest BCUT2D eigenvalue weighted by atomic mass is 79.9. The minimum absolute atomic E-state index is 0.0436. The highest BCUT2D eigenvalue weighted by Gasteiger charge is 2.20.